The third kappa shape index (κ3) is 3.73. The molecule has 25 heavy (non-hydrogen) atoms. The van der Waals surface area contributed by atoms with E-state index in [4.69, 9.17) is 0 Å². The highest BCUT2D eigenvalue weighted by Gasteiger charge is 2.31. The molecule has 130 valence electrons. The third-order valence-electron chi connectivity index (χ3n) is 3.50. The van der Waals surface area contributed by atoms with E-state index in [1.807, 2.05) is 19.1 Å². The first-order chi connectivity index (χ1) is 11.7. The van der Waals surface area contributed by atoms with Crippen LogP contribution < -0.4 is 10.1 Å². The first-order valence-corrected chi connectivity index (χ1v) is 7.35. The number of carbonyl (C=O) groups excluding carboxylic acids is 1. The van der Waals surface area contributed by atoms with Crippen molar-refractivity contribution < 1.29 is 22.7 Å². The number of rotatable bonds is 3. The molecule has 3 rings (SSSR count). The van der Waals surface area contributed by atoms with Crippen LogP contribution in [0, 0.1) is 13.8 Å². The molecule has 2 heterocycles. The molecule has 0 aliphatic rings. The fraction of sp³-hybridized carbons (Fsp3) is 0.176. The number of aromatic nitrogens is 2. The first-order valence-electron chi connectivity index (χ1n) is 7.35. The summed E-state index contributed by atoms with van der Waals surface area (Å²) in [6.07, 6.45) is -3.07. The van der Waals surface area contributed by atoms with Crippen molar-refractivity contribution in [2.75, 3.05) is 5.32 Å². The lowest BCUT2D eigenvalue weighted by Crippen LogP contribution is -2.18. The normalized spacial score (nSPS) is 11.6. The number of fused-ring (bicyclic) bond motifs is 1. The predicted octanol–water partition coefficient (Wildman–Crippen LogP) is 4.10. The molecular weight excluding hydrogens is 335 g/mol. The second-order valence-corrected chi connectivity index (χ2v) is 5.51. The van der Waals surface area contributed by atoms with Crippen LogP contribution >= 0.6 is 0 Å². The van der Waals surface area contributed by atoms with Crippen molar-refractivity contribution in [2.24, 2.45) is 0 Å². The molecule has 0 radical (unpaired) electrons. The third-order valence-corrected chi connectivity index (χ3v) is 3.50. The fourth-order valence-electron chi connectivity index (χ4n) is 2.50. The van der Waals surface area contributed by atoms with Crippen LogP contribution in [0.4, 0.5) is 18.9 Å². The number of carbonyl (C=O) groups is 1. The number of imidazole rings is 1. The Hall–Kier alpha value is -3.03. The highest BCUT2D eigenvalue weighted by molar-refractivity contribution is 6.04. The quantitative estimate of drug-likeness (QED) is 0.774. The van der Waals surface area contributed by atoms with E-state index in [1.54, 1.807) is 17.5 Å². The fourth-order valence-corrected chi connectivity index (χ4v) is 2.50. The summed E-state index contributed by atoms with van der Waals surface area (Å²) in [4.78, 5) is 16.9. The van der Waals surface area contributed by atoms with Gasteiger partial charge in [-0.2, -0.15) is 0 Å². The number of ether oxygens (including phenoxy) is 1. The summed E-state index contributed by atoms with van der Waals surface area (Å²) in [6, 6.07) is 8.77. The SMILES string of the molecule is Cc1ccn2c(C(=O)Nc3cccc(OC(F)(F)F)c3)c(C)nc2c1. The number of aryl methyl sites for hydroxylation is 2. The molecule has 3 aromatic rings. The second kappa shape index (κ2) is 6.12. The van der Waals surface area contributed by atoms with Gasteiger partial charge in [0.25, 0.3) is 5.91 Å². The van der Waals surface area contributed by atoms with E-state index < -0.39 is 18.0 Å². The highest BCUT2D eigenvalue weighted by Crippen LogP contribution is 2.25. The number of benzene rings is 1. The Morgan fingerprint density at radius 2 is 1.96 bits per heavy atom. The molecule has 0 spiro atoms. The van der Waals surface area contributed by atoms with Crippen LogP contribution in [0.2, 0.25) is 0 Å². The van der Waals surface area contributed by atoms with Gasteiger partial charge in [-0.1, -0.05) is 6.07 Å². The van der Waals surface area contributed by atoms with Crippen LogP contribution in [0.1, 0.15) is 21.7 Å². The standard InChI is InChI=1S/C17H14F3N3O2/c1-10-6-7-23-14(8-10)21-11(2)15(23)16(24)22-12-4-3-5-13(9-12)25-17(18,19)20/h3-9H,1-2H3,(H,22,24). The van der Waals surface area contributed by atoms with Crippen LogP contribution in [0.5, 0.6) is 5.75 Å². The maximum absolute atomic E-state index is 12.6. The van der Waals surface area contributed by atoms with Crippen molar-refractivity contribution in [3.8, 4) is 5.75 Å². The van der Waals surface area contributed by atoms with Gasteiger partial charge in [-0.25, -0.2) is 4.98 Å². The summed E-state index contributed by atoms with van der Waals surface area (Å²) in [5.41, 5.74) is 2.65. The Morgan fingerprint density at radius 1 is 1.20 bits per heavy atom. The molecule has 5 nitrogen and oxygen atoms in total. The number of amides is 1. The summed E-state index contributed by atoms with van der Waals surface area (Å²) in [5, 5.41) is 2.57. The number of halogens is 3. The van der Waals surface area contributed by atoms with Crippen molar-refractivity contribution in [1.29, 1.82) is 0 Å². The number of hydrogen-bond donors (Lipinski definition) is 1. The summed E-state index contributed by atoms with van der Waals surface area (Å²) >= 11 is 0. The molecule has 1 aromatic carbocycles. The van der Waals surface area contributed by atoms with Gasteiger partial charge in [-0.15, -0.1) is 13.2 Å². The Labute approximate surface area is 141 Å². The van der Waals surface area contributed by atoms with Crippen molar-refractivity contribution >= 4 is 17.2 Å². The molecule has 0 unspecified atom stereocenters. The van der Waals surface area contributed by atoms with Crippen molar-refractivity contribution in [3.63, 3.8) is 0 Å². The van der Waals surface area contributed by atoms with Crippen LogP contribution in [0.15, 0.2) is 42.6 Å². The van der Waals surface area contributed by atoms with E-state index in [0.717, 1.165) is 17.7 Å². The molecule has 0 saturated carbocycles. The zero-order valence-corrected chi connectivity index (χ0v) is 13.4. The lowest BCUT2D eigenvalue weighted by Gasteiger charge is -2.11. The maximum atomic E-state index is 12.6. The van der Waals surface area contributed by atoms with Crippen molar-refractivity contribution in [3.05, 3.63) is 59.5 Å². The second-order valence-electron chi connectivity index (χ2n) is 5.51. The lowest BCUT2D eigenvalue weighted by atomic mass is 10.2. The Kier molecular flexibility index (Phi) is 4.12. The van der Waals surface area contributed by atoms with E-state index >= 15 is 0 Å². The highest BCUT2D eigenvalue weighted by atomic mass is 19.4. The minimum atomic E-state index is -4.79. The monoisotopic (exact) mass is 349 g/mol. The van der Waals surface area contributed by atoms with Crippen LogP contribution in [0.25, 0.3) is 5.65 Å². The zero-order valence-electron chi connectivity index (χ0n) is 13.4. The molecule has 0 atom stereocenters. The molecule has 0 saturated heterocycles. The Morgan fingerprint density at radius 3 is 2.68 bits per heavy atom. The molecule has 0 bridgehead atoms. The van der Waals surface area contributed by atoms with E-state index in [1.165, 1.54) is 12.1 Å². The molecule has 0 aliphatic heterocycles. The van der Waals surface area contributed by atoms with Gasteiger partial charge in [-0.05, 0) is 43.7 Å². The van der Waals surface area contributed by atoms with Crippen LogP contribution in [-0.2, 0) is 0 Å². The molecule has 0 aliphatic carbocycles. The zero-order chi connectivity index (χ0) is 18.2. The minimum Gasteiger partial charge on any atom is -0.406 e. The Balaban J connectivity index is 1.88. The van der Waals surface area contributed by atoms with Gasteiger partial charge in [0.1, 0.15) is 17.1 Å². The summed E-state index contributed by atoms with van der Waals surface area (Å²) in [6.45, 7) is 3.61. The van der Waals surface area contributed by atoms with Gasteiger partial charge in [0, 0.05) is 18.0 Å². The van der Waals surface area contributed by atoms with E-state index in [9.17, 15) is 18.0 Å². The van der Waals surface area contributed by atoms with Crippen molar-refractivity contribution in [2.45, 2.75) is 20.2 Å². The summed E-state index contributed by atoms with van der Waals surface area (Å²) in [7, 11) is 0. The van der Waals surface area contributed by atoms with E-state index in [0.29, 0.717) is 17.0 Å². The molecule has 1 amide bonds. The number of anilines is 1. The summed E-state index contributed by atoms with van der Waals surface area (Å²) in [5.74, 6) is -0.881. The van der Waals surface area contributed by atoms with Gasteiger partial charge < -0.3 is 10.1 Å². The predicted molar refractivity (Wildman–Crippen MR) is 85.7 cm³/mol. The van der Waals surface area contributed by atoms with Gasteiger partial charge >= 0.3 is 6.36 Å². The number of nitrogens with zero attached hydrogens (tertiary/aromatic N) is 2. The van der Waals surface area contributed by atoms with Crippen LogP contribution in [0.3, 0.4) is 0 Å². The smallest absolute Gasteiger partial charge is 0.406 e. The topological polar surface area (TPSA) is 55.6 Å². The molecule has 0 fully saturated rings. The average Bonchev–Trinajstić information content (AvgIpc) is 2.80. The van der Waals surface area contributed by atoms with E-state index in [-0.39, 0.29) is 5.69 Å². The molecule has 1 N–H and O–H groups in total. The lowest BCUT2D eigenvalue weighted by molar-refractivity contribution is -0.274. The van der Waals surface area contributed by atoms with Gasteiger partial charge in [-0.3, -0.25) is 9.20 Å². The molecular formula is C17H14F3N3O2. The number of nitrogens with one attached hydrogen (secondary N) is 1. The Bertz CT molecular complexity index is 948. The molecule has 2 aromatic heterocycles. The van der Waals surface area contributed by atoms with Crippen LogP contribution in [-0.4, -0.2) is 21.7 Å². The molecule has 8 heteroatoms. The summed E-state index contributed by atoms with van der Waals surface area (Å²) < 4.78 is 42.4. The van der Waals surface area contributed by atoms with Gasteiger partial charge in [0.2, 0.25) is 0 Å². The maximum Gasteiger partial charge on any atom is 0.573 e. The average molecular weight is 349 g/mol. The largest absolute Gasteiger partial charge is 0.573 e. The van der Waals surface area contributed by atoms with Gasteiger partial charge in [0.05, 0.1) is 5.69 Å². The van der Waals surface area contributed by atoms with E-state index in [2.05, 4.69) is 15.0 Å². The minimum absolute atomic E-state index is 0.188. The first kappa shape index (κ1) is 16.8. The number of hydrogen-bond acceptors (Lipinski definition) is 3. The van der Waals surface area contributed by atoms with Gasteiger partial charge in [0.15, 0.2) is 0 Å². The number of pyridine rings is 1. The number of alkyl halides is 3. The van der Waals surface area contributed by atoms with Crippen molar-refractivity contribution in [1.82, 2.24) is 9.38 Å².